The number of carbonyl (C=O) groups is 2. The summed E-state index contributed by atoms with van der Waals surface area (Å²) in [5, 5.41) is 2.87. The number of piperazine rings is 1. The first-order valence-electron chi connectivity index (χ1n) is 11.9. The number of unbranched alkanes of at least 4 members (excludes halogenated alkanes) is 1. The monoisotopic (exact) mass is 447 g/mol. The number of allylic oxidation sites excluding steroid dienone is 1. The molecule has 2 aromatic rings. The average molecular weight is 448 g/mol. The second-order valence-corrected chi connectivity index (χ2v) is 8.83. The Morgan fingerprint density at radius 1 is 1.00 bits per heavy atom. The van der Waals surface area contributed by atoms with Crippen molar-refractivity contribution in [2.24, 2.45) is 0 Å². The first-order valence-corrected chi connectivity index (χ1v) is 11.9. The predicted octanol–water partition coefficient (Wildman–Crippen LogP) is 4.48. The standard InChI is InChI=1S/C27H33N3O3/c1-3-5-17-30-25(31)24(4-2)28-26(32)27(30)15-18-29(19-16-27)20-21-11-13-23(14-12-21)33-22-9-7-6-8-10-22/h4,6-14H,3,5,15-20H2,1-2H3,(H,28,32). The summed E-state index contributed by atoms with van der Waals surface area (Å²) < 4.78 is 5.88. The van der Waals surface area contributed by atoms with Crippen LogP contribution in [0.25, 0.3) is 0 Å². The van der Waals surface area contributed by atoms with Crippen LogP contribution in [0.2, 0.25) is 0 Å². The lowest BCUT2D eigenvalue weighted by Crippen LogP contribution is -2.69. The zero-order valence-corrected chi connectivity index (χ0v) is 19.5. The Morgan fingerprint density at radius 3 is 2.30 bits per heavy atom. The van der Waals surface area contributed by atoms with Gasteiger partial charge in [-0.1, -0.05) is 49.8 Å². The van der Waals surface area contributed by atoms with Gasteiger partial charge in [-0.15, -0.1) is 0 Å². The maximum absolute atomic E-state index is 13.1. The molecule has 0 aliphatic carbocycles. The molecule has 2 amide bonds. The van der Waals surface area contributed by atoms with E-state index in [1.807, 2.05) is 47.4 Å². The summed E-state index contributed by atoms with van der Waals surface area (Å²) in [6.07, 6.45) is 4.90. The molecule has 174 valence electrons. The van der Waals surface area contributed by atoms with E-state index >= 15 is 0 Å². The van der Waals surface area contributed by atoms with E-state index in [0.29, 0.717) is 25.1 Å². The molecule has 4 rings (SSSR count). The first kappa shape index (κ1) is 23.1. The molecular weight excluding hydrogens is 414 g/mol. The molecule has 0 unspecified atom stereocenters. The van der Waals surface area contributed by atoms with E-state index < -0.39 is 5.54 Å². The van der Waals surface area contributed by atoms with Crippen LogP contribution in [0.5, 0.6) is 11.5 Å². The van der Waals surface area contributed by atoms with Crippen molar-refractivity contribution in [3.05, 3.63) is 71.9 Å². The molecule has 1 N–H and O–H groups in total. The highest BCUT2D eigenvalue weighted by molar-refractivity contribution is 6.06. The average Bonchev–Trinajstić information content (AvgIpc) is 2.84. The molecular formula is C27H33N3O3. The second kappa shape index (κ2) is 10.2. The van der Waals surface area contributed by atoms with Crippen LogP contribution >= 0.6 is 0 Å². The van der Waals surface area contributed by atoms with E-state index in [0.717, 1.165) is 44.0 Å². The Labute approximate surface area is 196 Å². The number of piperidine rings is 1. The first-order chi connectivity index (χ1) is 16.1. The van der Waals surface area contributed by atoms with Crippen molar-refractivity contribution in [1.82, 2.24) is 15.1 Å². The SMILES string of the molecule is CC=C1NC(=O)C2(CCN(Cc3ccc(Oc4ccccc4)cc3)CC2)N(CCCC)C1=O. The zero-order chi connectivity index (χ0) is 23.3. The van der Waals surface area contributed by atoms with Gasteiger partial charge in [-0.3, -0.25) is 14.5 Å². The number of ether oxygens (including phenoxy) is 1. The van der Waals surface area contributed by atoms with Crippen LogP contribution in [-0.2, 0) is 16.1 Å². The highest BCUT2D eigenvalue weighted by atomic mass is 16.5. The van der Waals surface area contributed by atoms with Gasteiger partial charge in [-0.05, 0) is 56.0 Å². The van der Waals surface area contributed by atoms with Gasteiger partial charge in [0.2, 0.25) is 0 Å². The Bertz CT molecular complexity index is 993. The maximum atomic E-state index is 13.1. The van der Waals surface area contributed by atoms with E-state index in [2.05, 4.69) is 29.3 Å². The van der Waals surface area contributed by atoms with Gasteiger partial charge >= 0.3 is 0 Å². The van der Waals surface area contributed by atoms with E-state index in [-0.39, 0.29) is 11.8 Å². The molecule has 1 spiro atoms. The molecule has 2 fully saturated rings. The van der Waals surface area contributed by atoms with Crippen molar-refractivity contribution in [3.63, 3.8) is 0 Å². The molecule has 0 atom stereocenters. The van der Waals surface area contributed by atoms with Gasteiger partial charge in [-0.25, -0.2) is 0 Å². The molecule has 6 nitrogen and oxygen atoms in total. The number of benzene rings is 2. The number of nitrogens with zero attached hydrogens (tertiary/aromatic N) is 2. The second-order valence-electron chi connectivity index (χ2n) is 8.83. The van der Waals surface area contributed by atoms with Crippen molar-refractivity contribution in [2.45, 2.75) is 51.6 Å². The quantitative estimate of drug-likeness (QED) is 0.636. The molecule has 2 aromatic carbocycles. The molecule has 0 radical (unpaired) electrons. The predicted molar refractivity (Wildman–Crippen MR) is 129 cm³/mol. The van der Waals surface area contributed by atoms with Crippen LogP contribution in [0.3, 0.4) is 0 Å². The number of rotatable bonds is 7. The topological polar surface area (TPSA) is 61.9 Å². The lowest BCUT2D eigenvalue weighted by Gasteiger charge is -2.50. The van der Waals surface area contributed by atoms with Crippen molar-refractivity contribution in [2.75, 3.05) is 19.6 Å². The highest BCUT2D eigenvalue weighted by Gasteiger charge is 2.51. The Kier molecular flexibility index (Phi) is 7.14. The van der Waals surface area contributed by atoms with Crippen molar-refractivity contribution < 1.29 is 14.3 Å². The van der Waals surface area contributed by atoms with Crippen molar-refractivity contribution in [3.8, 4) is 11.5 Å². The van der Waals surface area contributed by atoms with Gasteiger partial charge in [0.25, 0.3) is 11.8 Å². The van der Waals surface area contributed by atoms with Crippen LogP contribution < -0.4 is 10.1 Å². The number of amides is 2. The minimum Gasteiger partial charge on any atom is -0.457 e. The highest BCUT2D eigenvalue weighted by Crippen LogP contribution is 2.34. The fourth-order valence-corrected chi connectivity index (χ4v) is 4.71. The fourth-order valence-electron chi connectivity index (χ4n) is 4.71. The van der Waals surface area contributed by atoms with Crippen LogP contribution in [0.4, 0.5) is 0 Å². The largest absolute Gasteiger partial charge is 0.457 e. The normalized spacial score (nSPS) is 19.7. The molecule has 2 aliphatic heterocycles. The molecule has 0 aromatic heterocycles. The zero-order valence-electron chi connectivity index (χ0n) is 19.5. The summed E-state index contributed by atoms with van der Waals surface area (Å²) in [5.41, 5.74) is 0.874. The Morgan fingerprint density at radius 2 is 1.67 bits per heavy atom. The number of hydrogen-bond donors (Lipinski definition) is 1. The molecule has 33 heavy (non-hydrogen) atoms. The third kappa shape index (κ3) is 4.96. The Hall–Kier alpha value is -3.12. The van der Waals surface area contributed by atoms with Gasteiger partial charge < -0.3 is 15.0 Å². The molecule has 2 heterocycles. The lowest BCUT2D eigenvalue weighted by atomic mass is 9.82. The van der Waals surface area contributed by atoms with Gasteiger partial charge in [0.05, 0.1) is 0 Å². The van der Waals surface area contributed by atoms with Crippen LogP contribution in [-0.4, -0.2) is 46.8 Å². The molecule has 0 saturated carbocycles. The number of carbonyl (C=O) groups excluding carboxylic acids is 2. The van der Waals surface area contributed by atoms with Crippen LogP contribution in [0, 0.1) is 0 Å². The summed E-state index contributed by atoms with van der Waals surface area (Å²) >= 11 is 0. The van der Waals surface area contributed by atoms with Gasteiger partial charge in [-0.2, -0.15) is 0 Å². The van der Waals surface area contributed by atoms with Crippen LogP contribution in [0.15, 0.2) is 66.4 Å². The number of para-hydroxylation sites is 1. The summed E-state index contributed by atoms with van der Waals surface area (Å²) in [5.74, 6) is 1.55. The molecule has 2 aliphatic rings. The number of hydrogen-bond acceptors (Lipinski definition) is 4. The van der Waals surface area contributed by atoms with Crippen molar-refractivity contribution in [1.29, 1.82) is 0 Å². The van der Waals surface area contributed by atoms with E-state index in [9.17, 15) is 9.59 Å². The van der Waals surface area contributed by atoms with E-state index in [1.54, 1.807) is 13.0 Å². The molecule has 2 saturated heterocycles. The number of likely N-dealkylation sites (tertiary alicyclic amines) is 1. The third-order valence-electron chi connectivity index (χ3n) is 6.68. The summed E-state index contributed by atoms with van der Waals surface area (Å²) in [7, 11) is 0. The van der Waals surface area contributed by atoms with E-state index in [4.69, 9.17) is 4.74 Å². The lowest BCUT2D eigenvalue weighted by molar-refractivity contribution is -0.154. The van der Waals surface area contributed by atoms with Gasteiger partial charge in [0.15, 0.2) is 0 Å². The Balaban J connectivity index is 1.39. The minimum atomic E-state index is -0.733. The van der Waals surface area contributed by atoms with Crippen molar-refractivity contribution >= 4 is 11.8 Å². The minimum absolute atomic E-state index is 0.0339. The summed E-state index contributed by atoms with van der Waals surface area (Å²) in [6.45, 7) is 6.89. The fraction of sp³-hybridized carbons (Fsp3) is 0.407. The maximum Gasteiger partial charge on any atom is 0.270 e. The molecule has 0 bridgehead atoms. The smallest absolute Gasteiger partial charge is 0.270 e. The van der Waals surface area contributed by atoms with Gasteiger partial charge in [0, 0.05) is 26.2 Å². The molecule has 6 heteroatoms. The summed E-state index contributed by atoms with van der Waals surface area (Å²) in [4.78, 5) is 30.4. The number of nitrogens with one attached hydrogen (secondary N) is 1. The van der Waals surface area contributed by atoms with Crippen LogP contribution in [0.1, 0.15) is 45.1 Å². The van der Waals surface area contributed by atoms with E-state index in [1.165, 1.54) is 5.56 Å². The summed E-state index contributed by atoms with van der Waals surface area (Å²) in [6, 6.07) is 17.9. The van der Waals surface area contributed by atoms with Gasteiger partial charge in [0.1, 0.15) is 22.7 Å². The third-order valence-corrected chi connectivity index (χ3v) is 6.68.